The van der Waals surface area contributed by atoms with Crippen LogP contribution in [0.3, 0.4) is 0 Å². The van der Waals surface area contributed by atoms with Gasteiger partial charge in [0.15, 0.2) is 0 Å². The fourth-order valence-corrected chi connectivity index (χ4v) is 3.47. The van der Waals surface area contributed by atoms with Crippen LogP contribution in [0, 0.1) is 18.8 Å². The minimum Gasteiger partial charge on any atom is -0.383 e. The Morgan fingerprint density at radius 1 is 1.50 bits per heavy atom. The molecule has 1 fully saturated rings. The molecule has 0 radical (unpaired) electrons. The summed E-state index contributed by atoms with van der Waals surface area (Å²) in [4.78, 5) is 4.66. The summed E-state index contributed by atoms with van der Waals surface area (Å²) in [5, 5.41) is 3.68. The van der Waals surface area contributed by atoms with E-state index in [0.29, 0.717) is 18.7 Å². The van der Waals surface area contributed by atoms with E-state index in [1.807, 2.05) is 6.92 Å². The zero-order valence-corrected chi connectivity index (χ0v) is 13.5. The fraction of sp³-hybridized carbons (Fsp3) is 0.812. The van der Waals surface area contributed by atoms with E-state index in [1.165, 1.54) is 19.3 Å². The SMILES string of the molecule is CCC1CCC(Nc2nc(C)cn2C(C)COC)C1C. The fourth-order valence-electron chi connectivity index (χ4n) is 3.47. The molecular formula is C16H29N3O. The molecule has 4 atom stereocenters. The van der Waals surface area contributed by atoms with Crippen LogP contribution in [0.25, 0.3) is 0 Å². The Balaban J connectivity index is 2.09. The first-order valence-electron chi connectivity index (χ1n) is 7.87. The van der Waals surface area contributed by atoms with Gasteiger partial charge in [-0.3, -0.25) is 0 Å². The topological polar surface area (TPSA) is 39.1 Å². The molecule has 20 heavy (non-hydrogen) atoms. The van der Waals surface area contributed by atoms with Gasteiger partial charge in [-0.05, 0) is 38.5 Å². The number of aryl methyl sites for hydroxylation is 1. The molecule has 0 aromatic carbocycles. The van der Waals surface area contributed by atoms with Crippen molar-refractivity contribution in [1.29, 1.82) is 0 Å². The number of aromatic nitrogens is 2. The average molecular weight is 279 g/mol. The minimum atomic E-state index is 0.308. The van der Waals surface area contributed by atoms with Crippen LogP contribution < -0.4 is 5.32 Å². The monoisotopic (exact) mass is 279 g/mol. The Morgan fingerprint density at radius 3 is 2.85 bits per heavy atom. The van der Waals surface area contributed by atoms with Crippen molar-refractivity contribution >= 4 is 5.95 Å². The van der Waals surface area contributed by atoms with Crippen molar-refractivity contribution in [3.8, 4) is 0 Å². The molecule has 4 heteroatoms. The van der Waals surface area contributed by atoms with Gasteiger partial charge in [-0.15, -0.1) is 0 Å². The second kappa shape index (κ2) is 6.61. The molecule has 1 aromatic heterocycles. The van der Waals surface area contributed by atoms with Gasteiger partial charge in [-0.1, -0.05) is 20.3 Å². The van der Waals surface area contributed by atoms with E-state index in [9.17, 15) is 0 Å². The van der Waals surface area contributed by atoms with Gasteiger partial charge in [0.1, 0.15) is 0 Å². The molecule has 0 bridgehead atoms. The predicted molar refractivity (Wildman–Crippen MR) is 83.1 cm³/mol. The number of hydrogen-bond acceptors (Lipinski definition) is 3. The summed E-state index contributed by atoms with van der Waals surface area (Å²) in [7, 11) is 1.75. The number of hydrogen-bond donors (Lipinski definition) is 1. The van der Waals surface area contributed by atoms with Gasteiger partial charge >= 0.3 is 0 Å². The van der Waals surface area contributed by atoms with E-state index in [1.54, 1.807) is 7.11 Å². The van der Waals surface area contributed by atoms with Gasteiger partial charge in [0.2, 0.25) is 5.95 Å². The first kappa shape index (κ1) is 15.4. The molecule has 1 heterocycles. The summed E-state index contributed by atoms with van der Waals surface area (Å²) in [6, 6.07) is 0.859. The van der Waals surface area contributed by atoms with Crippen molar-refractivity contribution in [1.82, 2.24) is 9.55 Å². The Morgan fingerprint density at radius 2 is 2.25 bits per heavy atom. The molecular weight excluding hydrogens is 250 g/mol. The number of methoxy groups -OCH3 is 1. The third kappa shape index (κ3) is 3.17. The summed E-state index contributed by atoms with van der Waals surface area (Å²) < 4.78 is 7.48. The molecule has 114 valence electrons. The highest BCUT2D eigenvalue weighted by Crippen LogP contribution is 2.35. The van der Waals surface area contributed by atoms with Crippen molar-refractivity contribution in [2.24, 2.45) is 11.8 Å². The van der Waals surface area contributed by atoms with E-state index in [0.717, 1.165) is 23.5 Å². The average Bonchev–Trinajstić information content (AvgIpc) is 2.95. The van der Waals surface area contributed by atoms with Crippen LogP contribution in [0.4, 0.5) is 5.95 Å². The lowest BCUT2D eigenvalue weighted by Crippen LogP contribution is -2.27. The first-order chi connectivity index (χ1) is 9.56. The van der Waals surface area contributed by atoms with Crippen LogP contribution in [0.2, 0.25) is 0 Å². The summed E-state index contributed by atoms with van der Waals surface area (Å²) in [6.07, 6.45) is 5.99. The number of rotatable bonds is 6. The van der Waals surface area contributed by atoms with Crippen LogP contribution in [0.1, 0.15) is 51.8 Å². The van der Waals surface area contributed by atoms with Crippen molar-refractivity contribution in [2.75, 3.05) is 19.0 Å². The molecule has 1 saturated carbocycles. The molecule has 1 aliphatic carbocycles. The number of imidazole rings is 1. The lowest BCUT2D eigenvalue weighted by molar-refractivity contribution is 0.163. The Labute approximate surface area is 122 Å². The van der Waals surface area contributed by atoms with Crippen molar-refractivity contribution in [3.05, 3.63) is 11.9 Å². The molecule has 1 aliphatic rings. The quantitative estimate of drug-likeness (QED) is 0.864. The van der Waals surface area contributed by atoms with E-state index in [4.69, 9.17) is 4.74 Å². The summed E-state index contributed by atoms with van der Waals surface area (Å²) in [5.74, 6) is 2.58. The van der Waals surface area contributed by atoms with Crippen LogP contribution in [0.15, 0.2) is 6.20 Å². The molecule has 0 spiro atoms. The van der Waals surface area contributed by atoms with Crippen molar-refractivity contribution < 1.29 is 4.74 Å². The summed E-state index contributed by atoms with van der Waals surface area (Å²) in [6.45, 7) is 9.60. The minimum absolute atomic E-state index is 0.308. The molecule has 0 saturated heterocycles. The Bertz CT molecular complexity index is 429. The largest absolute Gasteiger partial charge is 0.383 e. The lowest BCUT2D eigenvalue weighted by atomic mass is 9.93. The normalized spacial score (nSPS) is 27.8. The highest BCUT2D eigenvalue weighted by Gasteiger charge is 2.32. The molecule has 1 aromatic rings. The maximum atomic E-state index is 5.27. The van der Waals surface area contributed by atoms with E-state index < -0.39 is 0 Å². The molecule has 1 N–H and O–H groups in total. The Kier molecular flexibility index (Phi) is 5.08. The number of anilines is 1. The third-order valence-electron chi connectivity index (χ3n) is 4.80. The molecule has 0 aliphatic heterocycles. The van der Waals surface area contributed by atoms with Crippen molar-refractivity contribution in [3.63, 3.8) is 0 Å². The first-order valence-corrected chi connectivity index (χ1v) is 7.87. The second-order valence-corrected chi connectivity index (χ2v) is 6.27. The van der Waals surface area contributed by atoms with Gasteiger partial charge < -0.3 is 14.6 Å². The van der Waals surface area contributed by atoms with Gasteiger partial charge in [-0.25, -0.2) is 4.98 Å². The van der Waals surface area contributed by atoms with Crippen molar-refractivity contribution in [2.45, 2.75) is 59.0 Å². The predicted octanol–water partition coefficient (Wildman–Crippen LogP) is 3.64. The van der Waals surface area contributed by atoms with Gasteiger partial charge in [0, 0.05) is 19.3 Å². The lowest BCUT2D eigenvalue weighted by Gasteiger charge is -2.23. The Hall–Kier alpha value is -1.03. The van der Waals surface area contributed by atoms with Crippen LogP contribution in [0.5, 0.6) is 0 Å². The van der Waals surface area contributed by atoms with Crippen LogP contribution in [-0.4, -0.2) is 29.3 Å². The standard InChI is InChI=1S/C16H29N3O/c1-6-14-7-8-15(13(14)4)18-16-17-11(2)9-19(16)12(3)10-20-5/h9,12-15H,6-8,10H2,1-5H3,(H,17,18). The van der Waals surface area contributed by atoms with Crippen LogP contribution in [-0.2, 0) is 4.74 Å². The van der Waals surface area contributed by atoms with Gasteiger partial charge in [0.05, 0.1) is 18.3 Å². The molecule has 0 amide bonds. The van der Waals surface area contributed by atoms with E-state index >= 15 is 0 Å². The molecule has 4 unspecified atom stereocenters. The highest BCUT2D eigenvalue weighted by atomic mass is 16.5. The summed E-state index contributed by atoms with van der Waals surface area (Å²) in [5.41, 5.74) is 1.06. The number of nitrogens with zero attached hydrogens (tertiary/aromatic N) is 2. The van der Waals surface area contributed by atoms with E-state index in [2.05, 4.69) is 41.8 Å². The molecule has 4 nitrogen and oxygen atoms in total. The number of ether oxygens (including phenoxy) is 1. The van der Waals surface area contributed by atoms with E-state index in [-0.39, 0.29) is 0 Å². The van der Waals surface area contributed by atoms with Gasteiger partial charge in [0.25, 0.3) is 0 Å². The second-order valence-electron chi connectivity index (χ2n) is 6.27. The highest BCUT2D eigenvalue weighted by molar-refractivity contribution is 5.32. The smallest absolute Gasteiger partial charge is 0.203 e. The maximum absolute atomic E-state index is 5.27. The maximum Gasteiger partial charge on any atom is 0.203 e. The van der Waals surface area contributed by atoms with Crippen LogP contribution >= 0.6 is 0 Å². The zero-order valence-electron chi connectivity index (χ0n) is 13.5. The van der Waals surface area contributed by atoms with Gasteiger partial charge in [-0.2, -0.15) is 0 Å². The molecule has 2 rings (SSSR count). The summed E-state index contributed by atoms with van der Waals surface area (Å²) >= 11 is 0. The zero-order chi connectivity index (χ0) is 14.7. The third-order valence-corrected chi connectivity index (χ3v) is 4.80. The number of nitrogens with one attached hydrogen (secondary N) is 1.